The maximum Gasteiger partial charge on any atom is 0.246 e. The van der Waals surface area contributed by atoms with Crippen LogP contribution in [0.5, 0.6) is 0 Å². The van der Waals surface area contributed by atoms with Crippen LogP contribution in [0.2, 0.25) is 0 Å². The summed E-state index contributed by atoms with van der Waals surface area (Å²) in [7, 11) is 0. The van der Waals surface area contributed by atoms with Crippen molar-refractivity contribution < 1.29 is 4.79 Å². The van der Waals surface area contributed by atoms with Gasteiger partial charge in [0.05, 0.1) is 0 Å². The summed E-state index contributed by atoms with van der Waals surface area (Å²) in [4.78, 5) is 9.89. The highest BCUT2D eigenvalue weighted by molar-refractivity contribution is 5.85. The number of carbonyl (C=O) groups excluding carboxylic acids is 1. The quantitative estimate of drug-likeness (QED) is 0.445. The number of terminal acetylenes is 1. The van der Waals surface area contributed by atoms with E-state index in [9.17, 15) is 4.79 Å². The Morgan fingerprint density at radius 1 is 1.75 bits per heavy atom. The molecule has 46 valence electrons. The molecule has 1 atom stereocenters. The number of amides is 1. The molecule has 0 saturated carbocycles. The first-order chi connectivity index (χ1) is 3.18. The van der Waals surface area contributed by atoms with Crippen molar-refractivity contribution in [1.29, 1.82) is 0 Å². The summed E-state index contributed by atoms with van der Waals surface area (Å²) in [5.74, 6) is 1.30. The minimum Gasteiger partial charge on any atom is -0.367 e. The molecule has 1 unspecified atom stereocenters. The van der Waals surface area contributed by atoms with Crippen LogP contribution in [0.3, 0.4) is 0 Å². The Morgan fingerprint density at radius 3 is 2.12 bits per heavy atom. The third kappa shape index (κ3) is 3.47. The van der Waals surface area contributed by atoms with Crippen LogP contribution in [0.25, 0.3) is 0 Å². The number of rotatable bonds is 1. The lowest BCUT2D eigenvalue weighted by atomic mass is 10.3. The van der Waals surface area contributed by atoms with Gasteiger partial charge in [0, 0.05) is 0 Å². The second-order valence-electron chi connectivity index (χ2n) is 1.05. The monoisotopic (exact) mass is 134 g/mol. The molecule has 0 rings (SSSR count). The number of hydrogen-bond donors (Lipinski definition) is 2. The molecule has 4 N–H and O–H groups in total. The fraction of sp³-hybridized carbons (Fsp3) is 0.250. The Balaban J connectivity index is 0. The standard InChI is InChI=1S/C4H6N2O.ClH/c1-2-3(5)4(6)7;/h1,3H,5H2,(H2,6,7);1H. The molecule has 4 heteroatoms. The summed E-state index contributed by atoms with van der Waals surface area (Å²) < 4.78 is 0. The molecule has 0 bridgehead atoms. The molecule has 0 aromatic carbocycles. The van der Waals surface area contributed by atoms with Crippen molar-refractivity contribution >= 4 is 18.3 Å². The number of hydrogen-bond acceptors (Lipinski definition) is 2. The van der Waals surface area contributed by atoms with Crippen LogP contribution >= 0.6 is 12.4 Å². The molecule has 0 aliphatic carbocycles. The maximum atomic E-state index is 9.89. The van der Waals surface area contributed by atoms with Crippen LogP contribution < -0.4 is 11.5 Å². The molecule has 0 aliphatic heterocycles. The van der Waals surface area contributed by atoms with Crippen molar-refractivity contribution in [2.75, 3.05) is 0 Å². The second kappa shape index (κ2) is 4.44. The SMILES string of the molecule is C#CC(N)C(N)=O.Cl. The first kappa shape index (κ1) is 10.3. The van der Waals surface area contributed by atoms with E-state index < -0.39 is 11.9 Å². The minimum atomic E-state index is -0.931. The first-order valence-electron chi connectivity index (χ1n) is 1.69. The molecule has 0 aromatic heterocycles. The molecule has 8 heavy (non-hydrogen) atoms. The zero-order chi connectivity index (χ0) is 5.86. The van der Waals surface area contributed by atoms with Crippen molar-refractivity contribution in [3.8, 4) is 12.3 Å². The van der Waals surface area contributed by atoms with E-state index >= 15 is 0 Å². The molecule has 1 amide bonds. The van der Waals surface area contributed by atoms with Gasteiger partial charge in [-0.3, -0.25) is 4.79 Å². The Morgan fingerprint density at radius 2 is 2.12 bits per heavy atom. The molecule has 0 fully saturated rings. The van der Waals surface area contributed by atoms with Gasteiger partial charge in [-0.2, -0.15) is 0 Å². The Bertz CT molecular complexity index is 118. The lowest BCUT2D eigenvalue weighted by Gasteiger charge is -1.91. The molecule has 0 saturated heterocycles. The minimum absolute atomic E-state index is 0. The third-order valence-corrected chi connectivity index (χ3v) is 0.486. The van der Waals surface area contributed by atoms with Crippen molar-refractivity contribution in [1.82, 2.24) is 0 Å². The van der Waals surface area contributed by atoms with E-state index in [4.69, 9.17) is 12.2 Å². The lowest BCUT2D eigenvalue weighted by Crippen LogP contribution is -2.34. The molecule has 0 aromatic rings. The van der Waals surface area contributed by atoms with E-state index in [1.807, 2.05) is 5.92 Å². The van der Waals surface area contributed by atoms with Gasteiger partial charge < -0.3 is 11.5 Å². The van der Waals surface area contributed by atoms with Gasteiger partial charge in [0.15, 0.2) is 0 Å². The topological polar surface area (TPSA) is 69.1 Å². The van der Waals surface area contributed by atoms with Crippen LogP contribution in [0, 0.1) is 12.3 Å². The maximum absolute atomic E-state index is 9.89. The van der Waals surface area contributed by atoms with Crippen molar-refractivity contribution in [2.24, 2.45) is 11.5 Å². The molecular weight excluding hydrogens is 128 g/mol. The predicted octanol–water partition coefficient (Wildman–Crippen LogP) is -1.15. The van der Waals surface area contributed by atoms with Crippen LogP contribution in [-0.2, 0) is 4.79 Å². The van der Waals surface area contributed by atoms with Crippen LogP contribution in [-0.4, -0.2) is 11.9 Å². The molecular formula is C4H7ClN2O. The summed E-state index contributed by atoms with van der Waals surface area (Å²) in [6, 6.07) is -0.931. The summed E-state index contributed by atoms with van der Waals surface area (Å²) >= 11 is 0. The fourth-order valence-corrected chi connectivity index (χ4v) is 0.0821. The van der Waals surface area contributed by atoms with Crippen LogP contribution in [0.1, 0.15) is 0 Å². The van der Waals surface area contributed by atoms with Crippen molar-refractivity contribution in [3.05, 3.63) is 0 Å². The molecule has 0 heterocycles. The normalized spacial score (nSPS) is 10.5. The van der Waals surface area contributed by atoms with E-state index in [2.05, 4.69) is 5.73 Å². The fourth-order valence-electron chi connectivity index (χ4n) is 0.0821. The Labute approximate surface area is 53.8 Å². The lowest BCUT2D eigenvalue weighted by molar-refractivity contribution is -0.118. The summed E-state index contributed by atoms with van der Waals surface area (Å²) in [5, 5.41) is 0. The summed E-state index contributed by atoms with van der Waals surface area (Å²) in [6.07, 6.45) is 4.70. The Hall–Kier alpha value is -0.720. The number of nitrogens with two attached hydrogens (primary N) is 2. The zero-order valence-electron chi connectivity index (χ0n) is 4.13. The largest absolute Gasteiger partial charge is 0.367 e. The van der Waals surface area contributed by atoms with Gasteiger partial charge >= 0.3 is 0 Å². The molecule has 3 nitrogen and oxygen atoms in total. The van der Waals surface area contributed by atoms with Crippen molar-refractivity contribution in [3.63, 3.8) is 0 Å². The molecule has 0 aliphatic rings. The van der Waals surface area contributed by atoms with Gasteiger partial charge in [0.1, 0.15) is 6.04 Å². The summed E-state index contributed by atoms with van der Waals surface area (Å²) in [6.45, 7) is 0. The molecule has 0 radical (unpaired) electrons. The van der Waals surface area contributed by atoms with Gasteiger partial charge in [0.2, 0.25) is 5.91 Å². The second-order valence-corrected chi connectivity index (χ2v) is 1.05. The van der Waals surface area contributed by atoms with Gasteiger partial charge in [-0.25, -0.2) is 0 Å². The zero-order valence-corrected chi connectivity index (χ0v) is 4.94. The third-order valence-electron chi connectivity index (χ3n) is 0.486. The van der Waals surface area contributed by atoms with Crippen LogP contribution in [0.15, 0.2) is 0 Å². The predicted molar refractivity (Wildman–Crippen MR) is 33.3 cm³/mol. The van der Waals surface area contributed by atoms with E-state index in [-0.39, 0.29) is 12.4 Å². The van der Waals surface area contributed by atoms with E-state index in [0.29, 0.717) is 0 Å². The van der Waals surface area contributed by atoms with E-state index in [1.165, 1.54) is 0 Å². The van der Waals surface area contributed by atoms with Crippen molar-refractivity contribution in [2.45, 2.75) is 6.04 Å². The highest BCUT2D eigenvalue weighted by Crippen LogP contribution is 1.65. The number of halogens is 1. The van der Waals surface area contributed by atoms with E-state index in [0.717, 1.165) is 0 Å². The number of carbonyl (C=O) groups is 1. The number of primary amides is 1. The average Bonchev–Trinajstić information content (AvgIpc) is 1.65. The first-order valence-corrected chi connectivity index (χ1v) is 1.69. The average molecular weight is 135 g/mol. The Kier molecular flexibility index (Phi) is 5.71. The molecule has 0 spiro atoms. The highest BCUT2D eigenvalue weighted by Gasteiger charge is 2.00. The van der Waals surface area contributed by atoms with E-state index in [1.54, 1.807) is 0 Å². The van der Waals surface area contributed by atoms with Crippen LogP contribution in [0.4, 0.5) is 0 Å². The highest BCUT2D eigenvalue weighted by atomic mass is 35.5. The van der Waals surface area contributed by atoms with Gasteiger partial charge in [-0.15, -0.1) is 18.8 Å². The summed E-state index contributed by atoms with van der Waals surface area (Å²) in [5.41, 5.74) is 9.55. The van der Waals surface area contributed by atoms with Gasteiger partial charge in [-0.1, -0.05) is 5.92 Å². The van der Waals surface area contributed by atoms with Gasteiger partial charge in [0.25, 0.3) is 0 Å². The smallest absolute Gasteiger partial charge is 0.246 e. The van der Waals surface area contributed by atoms with Gasteiger partial charge in [-0.05, 0) is 0 Å².